The highest BCUT2D eigenvalue weighted by atomic mass is 35.5. The summed E-state index contributed by atoms with van der Waals surface area (Å²) in [4.78, 5) is 10.8. The lowest BCUT2D eigenvalue weighted by Crippen LogP contribution is -2.37. The summed E-state index contributed by atoms with van der Waals surface area (Å²) in [5.74, 6) is -0.563. The van der Waals surface area contributed by atoms with Crippen molar-refractivity contribution < 1.29 is 13.2 Å². The maximum atomic E-state index is 12.2. The number of amides is 1. The SMILES string of the molecule is CC(CC(N)=O)N(C)S(=O)(=O)c1cc(Cl)c(Cl)s1. The van der Waals surface area contributed by atoms with Crippen molar-refractivity contribution in [3.63, 3.8) is 0 Å². The van der Waals surface area contributed by atoms with Gasteiger partial charge in [0.05, 0.1) is 5.02 Å². The lowest BCUT2D eigenvalue weighted by atomic mass is 10.2. The van der Waals surface area contributed by atoms with Gasteiger partial charge in [0.25, 0.3) is 10.0 Å². The molecule has 1 aromatic heterocycles. The number of carbonyl (C=O) groups is 1. The van der Waals surface area contributed by atoms with Gasteiger partial charge in [-0.15, -0.1) is 11.3 Å². The van der Waals surface area contributed by atoms with Gasteiger partial charge in [0.1, 0.15) is 8.55 Å². The first-order valence-electron chi connectivity index (χ1n) is 4.87. The number of sulfonamides is 1. The minimum absolute atomic E-state index is 0.0383. The minimum atomic E-state index is -3.71. The average Bonchev–Trinajstić information content (AvgIpc) is 2.57. The molecule has 1 unspecified atom stereocenters. The first kappa shape index (κ1) is 15.7. The van der Waals surface area contributed by atoms with Gasteiger partial charge in [0, 0.05) is 19.5 Å². The van der Waals surface area contributed by atoms with E-state index in [2.05, 4.69) is 0 Å². The molecule has 1 aromatic rings. The Hall–Kier alpha value is -0.340. The van der Waals surface area contributed by atoms with Crippen LogP contribution in [0.2, 0.25) is 9.36 Å². The summed E-state index contributed by atoms with van der Waals surface area (Å²) in [5.41, 5.74) is 5.04. The summed E-state index contributed by atoms with van der Waals surface area (Å²) < 4.78 is 25.7. The largest absolute Gasteiger partial charge is 0.370 e. The van der Waals surface area contributed by atoms with Crippen LogP contribution in [0, 0.1) is 0 Å². The monoisotopic (exact) mass is 330 g/mol. The molecule has 0 radical (unpaired) electrons. The fourth-order valence-corrected chi connectivity index (χ4v) is 4.68. The first-order valence-corrected chi connectivity index (χ1v) is 7.88. The first-order chi connectivity index (χ1) is 8.16. The zero-order chi connectivity index (χ0) is 14.1. The van der Waals surface area contributed by atoms with Crippen LogP contribution in [-0.4, -0.2) is 31.7 Å². The predicted molar refractivity (Wildman–Crippen MR) is 72.6 cm³/mol. The number of hydrogen-bond donors (Lipinski definition) is 1. The number of hydrogen-bond acceptors (Lipinski definition) is 4. The van der Waals surface area contributed by atoms with E-state index in [0.29, 0.717) is 0 Å². The Balaban J connectivity index is 3.03. The molecule has 0 bridgehead atoms. The molecule has 0 saturated carbocycles. The van der Waals surface area contributed by atoms with Gasteiger partial charge in [0.15, 0.2) is 0 Å². The van der Waals surface area contributed by atoms with E-state index in [-0.39, 0.29) is 20.0 Å². The summed E-state index contributed by atoms with van der Waals surface area (Å²) in [6.45, 7) is 1.60. The van der Waals surface area contributed by atoms with E-state index < -0.39 is 22.0 Å². The van der Waals surface area contributed by atoms with Crippen molar-refractivity contribution in [2.24, 2.45) is 5.73 Å². The predicted octanol–water partition coefficient (Wildman–Crippen LogP) is 1.94. The van der Waals surface area contributed by atoms with Crippen molar-refractivity contribution in [2.45, 2.75) is 23.6 Å². The normalized spacial score (nSPS) is 13.8. The van der Waals surface area contributed by atoms with Crippen LogP contribution in [0.3, 0.4) is 0 Å². The number of primary amides is 1. The van der Waals surface area contributed by atoms with Crippen molar-refractivity contribution in [3.05, 3.63) is 15.4 Å². The molecule has 0 saturated heterocycles. The molecule has 9 heteroatoms. The minimum Gasteiger partial charge on any atom is -0.370 e. The van der Waals surface area contributed by atoms with Crippen LogP contribution in [0.25, 0.3) is 0 Å². The fraction of sp³-hybridized carbons (Fsp3) is 0.444. The Bertz CT molecular complexity index is 537. The Morgan fingerprint density at radius 1 is 1.56 bits per heavy atom. The molecule has 0 aliphatic rings. The molecular formula is C9H12Cl2N2O3S2. The second-order valence-corrected chi connectivity index (χ2v) is 8.01. The number of nitrogens with two attached hydrogens (primary N) is 1. The van der Waals surface area contributed by atoms with Gasteiger partial charge < -0.3 is 5.73 Å². The van der Waals surface area contributed by atoms with E-state index in [1.165, 1.54) is 13.1 Å². The van der Waals surface area contributed by atoms with Crippen LogP contribution in [0.1, 0.15) is 13.3 Å². The molecule has 1 atom stereocenters. The molecule has 0 aliphatic heterocycles. The standard InChI is InChI=1S/C9H12Cl2N2O3S2/c1-5(3-7(12)14)13(2)18(15,16)8-4-6(10)9(11)17-8/h4-5H,3H2,1-2H3,(H2,12,14). The van der Waals surface area contributed by atoms with Crippen molar-refractivity contribution in [2.75, 3.05) is 7.05 Å². The van der Waals surface area contributed by atoms with Crippen molar-refractivity contribution in [1.82, 2.24) is 4.31 Å². The average molecular weight is 331 g/mol. The second kappa shape index (κ2) is 5.75. The van der Waals surface area contributed by atoms with Gasteiger partial charge in [-0.1, -0.05) is 23.2 Å². The van der Waals surface area contributed by atoms with Gasteiger partial charge >= 0.3 is 0 Å². The summed E-state index contributed by atoms with van der Waals surface area (Å²) in [6.07, 6.45) is -0.0530. The van der Waals surface area contributed by atoms with Crippen LogP contribution < -0.4 is 5.73 Å². The number of nitrogens with zero attached hydrogens (tertiary/aromatic N) is 1. The molecule has 0 spiro atoms. The number of carbonyl (C=O) groups excluding carboxylic acids is 1. The second-order valence-electron chi connectivity index (χ2n) is 3.73. The van der Waals surface area contributed by atoms with Crippen molar-refractivity contribution >= 4 is 50.5 Å². The molecule has 0 aromatic carbocycles. The lowest BCUT2D eigenvalue weighted by Gasteiger charge is -2.22. The van der Waals surface area contributed by atoms with Crippen LogP contribution in [0.15, 0.2) is 10.3 Å². The summed E-state index contributed by atoms with van der Waals surface area (Å²) >= 11 is 12.3. The van der Waals surface area contributed by atoms with Gasteiger partial charge in [-0.2, -0.15) is 4.31 Å². The van der Waals surface area contributed by atoms with E-state index in [0.717, 1.165) is 15.6 Å². The molecule has 5 nitrogen and oxygen atoms in total. The third kappa shape index (κ3) is 3.36. The number of thiophene rings is 1. The molecule has 0 aliphatic carbocycles. The van der Waals surface area contributed by atoms with Crippen molar-refractivity contribution in [3.8, 4) is 0 Å². The van der Waals surface area contributed by atoms with Crippen LogP contribution >= 0.6 is 34.5 Å². The van der Waals surface area contributed by atoms with Crippen LogP contribution in [0.4, 0.5) is 0 Å². The molecule has 1 amide bonds. The van der Waals surface area contributed by atoms with Crippen LogP contribution in [-0.2, 0) is 14.8 Å². The molecular weight excluding hydrogens is 319 g/mol. The maximum absolute atomic E-state index is 12.2. The highest BCUT2D eigenvalue weighted by Crippen LogP contribution is 2.35. The fourth-order valence-electron chi connectivity index (χ4n) is 1.25. The highest BCUT2D eigenvalue weighted by Gasteiger charge is 2.28. The zero-order valence-electron chi connectivity index (χ0n) is 9.68. The maximum Gasteiger partial charge on any atom is 0.252 e. The van der Waals surface area contributed by atoms with Gasteiger partial charge in [0.2, 0.25) is 5.91 Å². The van der Waals surface area contributed by atoms with E-state index in [1.54, 1.807) is 6.92 Å². The number of halogens is 2. The Labute approximate surface area is 120 Å². The Morgan fingerprint density at radius 3 is 2.50 bits per heavy atom. The molecule has 1 rings (SSSR count). The third-order valence-corrected chi connectivity index (χ3v) is 6.66. The molecule has 18 heavy (non-hydrogen) atoms. The van der Waals surface area contributed by atoms with E-state index in [9.17, 15) is 13.2 Å². The van der Waals surface area contributed by atoms with Crippen LogP contribution in [0.5, 0.6) is 0 Å². The molecule has 102 valence electrons. The molecule has 0 fully saturated rings. The Morgan fingerprint density at radius 2 is 2.11 bits per heavy atom. The third-order valence-electron chi connectivity index (χ3n) is 2.37. The van der Waals surface area contributed by atoms with E-state index in [4.69, 9.17) is 28.9 Å². The zero-order valence-corrected chi connectivity index (χ0v) is 12.8. The van der Waals surface area contributed by atoms with E-state index in [1.807, 2.05) is 0 Å². The van der Waals surface area contributed by atoms with Gasteiger partial charge in [-0.3, -0.25) is 4.79 Å². The topological polar surface area (TPSA) is 80.5 Å². The van der Waals surface area contributed by atoms with Gasteiger partial charge in [-0.25, -0.2) is 8.42 Å². The summed E-state index contributed by atoms with van der Waals surface area (Å²) in [6, 6.07) is 0.754. The smallest absolute Gasteiger partial charge is 0.252 e. The highest BCUT2D eigenvalue weighted by molar-refractivity contribution is 7.91. The Kier molecular flexibility index (Phi) is 5.02. The number of rotatable bonds is 5. The summed E-state index contributed by atoms with van der Waals surface area (Å²) in [7, 11) is -2.33. The van der Waals surface area contributed by atoms with Gasteiger partial charge in [-0.05, 0) is 13.0 Å². The van der Waals surface area contributed by atoms with E-state index >= 15 is 0 Å². The summed E-state index contributed by atoms with van der Waals surface area (Å²) in [5, 5.41) is 0.191. The lowest BCUT2D eigenvalue weighted by molar-refractivity contribution is -0.118. The van der Waals surface area contributed by atoms with Crippen molar-refractivity contribution in [1.29, 1.82) is 0 Å². The molecule has 1 heterocycles. The quantitative estimate of drug-likeness (QED) is 0.895. The molecule has 2 N–H and O–H groups in total.